The molecule has 5 rings (SSSR count). The number of aromatic nitrogens is 3. The molecule has 1 aliphatic rings. The van der Waals surface area contributed by atoms with Crippen molar-refractivity contribution in [1.29, 1.82) is 0 Å². The summed E-state index contributed by atoms with van der Waals surface area (Å²) < 4.78 is 0. The topological polar surface area (TPSA) is 60.1 Å². The van der Waals surface area contributed by atoms with Crippen LogP contribution in [0.2, 0.25) is 0 Å². The molecule has 33 heavy (non-hydrogen) atoms. The Bertz CT molecular complexity index is 1190. The van der Waals surface area contributed by atoms with Gasteiger partial charge in [-0.1, -0.05) is 55.5 Å². The van der Waals surface area contributed by atoms with Crippen LogP contribution in [-0.4, -0.2) is 57.5 Å². The third-order valence-corrected chi connectivity index (χ3v) is 6.63. The van der Waals surface area contributed by atoms with E-state index in [9.17, 15) is 0 Å². The molecule has 2 aromatic carbocycles. The van der Waals surface area contributed by atoms with E-state index in [4.69, 9.17) is 0 Å². The molecule has 2 N–H and O–H groups in total. The first kappa shape index (κ1) is 21.6. The van der Waals surface area contributed by atoms with Crippen molar-refractivity contribution in [2.45, 2.75) is 26.4 Å². The molecular formula is C27H32N6. The van der Waals surface area contributed by atoms with E-state index >= 15 is 0 Å². The normalized spacial score (nSPS) is 16.2. The first-order valence-electron chi connectivity index (χ1n) is 11.9. The monoisotopic (exact) mass is 440 g/mol. The minimum Gasteiger partial charge on any atom is -0.363 e. The summed E-state index contributed by atoms with van der Waals surface area (Å²) in [5, 5.41) is 4.57. The summed E-state index contributed by atoms with van der Waals surface area (Å²) in [6, 6.07) is 21.6. The van der Waals surface area contributed by atoms with Crippen molar-refractivity contribution in [1.82, 2.24) is 24.8 Å². The summed E-state index contributed by atoms with van der Waals surface area (Å²) in [6.45, 7) is 11.1. The van der Waals surface area contributed by atoms with E-state index in [2.05, 4.69) is 98.5 Å². The molecule has 170 valence electrons. The highest BCUT2D eigenvalue weighted by molar-refractivity contribution is 5.91. The van der Waals surface area contributed by atoms with Crippen LogP contribution in [-0.2, 0) is 6.54 Å². The predicted octanol–water partition coefficient (Wildman–Crippen LogP) is 4.94. The summed E-state index contributed by atoms with van der Waals surface area (Å²) in [6.07, 6.45) is 1.62. The van der Waals surface area contributed by atoms with Crippen LogP contribution < -0.4 is 5.32 Å². The molecule has 1 atom stereocenters. The zero-order valence-corrected chi connectivity index (χ0v) is 19.5. The number of rotatable bonds is 7. The van der Waals surface area contributed by atoms with Crippen molar-refractivity contribution < 1.29 is 0 Å². The zero-order chi connectivity index (χ0) is 22.6. The predicted molar refractivity (Wildman–Crippen MR) is 135 cm³/mol. The van der Waals surface area contributed by atoms with Crippen LogP contribution in [0, 0.1) is 0 Å². The van der Waals surface area contributed by atoms with Crippen LogP contribution in [0.25, 0.3) is 22.3 Å². The second-order valence-electron chi connectivity index (χ2n) is 8.86. The molecule has 6 nitrogen and oxygen atoms in total. The van der Waals surface area contributed by atoms with Crippen molar-refractivity contribution in [3.05, 3.63) is 78.1 Å². The van der Waals surface area contributed by atoms with Crippen molar-refractivity contribution in [3.8, 4) is 11.3 Å². The molecule has 6 heteroatoms. The maximum atomic E-state index is 4.53. The minimum atomic E-state index is 0.152. The molecule has 1 aliphatic heterocycles. The maximum Gasteiger partial charge on any atom is 0.143 e. The van der Waals surface area contributed by atoms with E-state index < -0.39 is 0 Å². The van der Waals surface area contributed by atoms with Gasteiger partial charge in [-0.25, -0.2) is 9.97 Å². The number of hydrogen-bond donors (Lipinski definition) is 2. The molecule has 0 unspecified atom stereocenters. The zero-order valence-electron chi connectivity index (χ0n) is 19.5. The van der Waals surface area contributed by atoms with Crippen LogP contribution in [0.15, 0.2) is 67.0 Å². The van der Waals surface area contributed by atoms with Crippen LogP contribution in [0.5, 0.6) is 0 Å². The third kappa shape index (κ3) is 4.92. The second-order valence-corrected chi connectivity index (χ2v) is 8.86. The lowest BCUT2D eigenvalue weighted by molar-refractivity contribution is 0.132. The lowest BCUT2D eigenvalue weighted by Gasteiger charge is -2.34. The van der Waals surface area contributed by atoms with Crippen LogP contribution >= 0.6 is 0 Å². The molecule has 4 aromatic rings. The summed E-state index contributed by atoms with van der Waals surface area (Å²) in [5.41, 5.74) is 5.67. The molecule has 0 bridgehead atoms. The number of likely N-dealkylation sites (N-methyl/N-ethyl adjacent to an activating group) is 1. The Hall–Kier alpha value is -3.22. The SMILES string of the molecule is CCN1CCN(Cc2cccc(-c3cc4c(N[C@H](C)c5ccccc5)ncnc4[nH]3)c2)CC1. The summed E-state index contributed by atoms with van der Waals surface area (Å²) in [7, 11) is 0. The van der Waals surface area contributed by atoms with Gasteiger partial charge in [-0.3, -0.25) is 4.90 Å². The van der Waals surface area contributed by atoms with Gasteiger partial charge in [0.15, 0.2) is 0 Å². The Balaban J connectivity index is 1.35. The van der Waals surface area contributed by atoms with E-state index in [0.717, 1.165) is 61.8 Å². The number of hydrogen-bond acceptors (Lipinski definition) is 5. The van der Waals surface area contributed by atoms with Crippen LogP contribution in [0.1, 0.15) is 31.0 Å². The number of nitrogens with one attached hydrogen (secondary N) is 2. The molecular weight excluding hydrogens is 408 g/mol. The Morgan fingerprint density at radius 2 is 1.73 bits per heavy atom. The van der Waals surface area contributed by atoms with Crippen molar-refractivity contribution in [2.75, 3.05) is 38.0 Å². The quantitative estimate of drug-likeness (QED) is 0.426. The minimum absolute atomic E-state index is 0.152. The fourth-order valence-electron chi connectivity index (χ4n) is 4.60. The van der Waals surface area contributed by atoms with Gasteiger partial charge in [-0.2, -0.15) is 0 Å². The fourth-order valence-corrected chi connectivity index (χ4v) is 4.60. The second kappa shape index (κ2) is 9.73. The smallest absolute Gasteiger partial charge is 0.143 e. The van der Waals surface area contributed by atoms with Gasteiger partial charge >= 0.3 is 0 Å². The lowest BCUT2D eigenvalue weighted by atomic mass is 10.1. The van der Waals surface area contributed by atoms with Gasteiger partial charge in [0.2, 0.25) is 0 Å². The highest BCUT2D eigenvalue weighted by Crippen LogP contribution is 2.29. The molecule has 0 saturated carbocycles. The van der Waals surface area contributed by atoms with Crippen LogP contribution in [0.3, 0.4) is 0 Å². The number of anilines is 1. The Morgan fingerprint density at radius 1 is 0.939 bits per heavy atom. The average molecular weight is 441 g/mol. The number of aromatic amines is 1. The van der Waals surface area contributed by atoms with E-state index in [-0.39, 0.29) is 6.04 Å². The standard InChI is InChI=1S/C27H32N6/c1-3-32-12-14-33(15-13-32)18-21-8-7-11-23(16-21)25-17-24-26(28-19-29-27(24)31-25)30-20(2)22-9-5-4-6-10-22/h4-11,16-17,19-20H,3,12-15,18H2,1-2H3,(H2,28,29,30,31)/t20-/m1/s1. The first-order chi connectivity index (χ1) is 16.2. The van der Waals surface area contributed by atoms with Gasteiger partial charge < -0.3 is 15.2 Å². The van der Waals surface area contributed by atoms with Crippen molar-refractivity contribution in [3.63, 3.8) is 0 Å². The van der Waals surface area contributed by atoms with Gasteiger partial charge in [0.1, 0.15) is 17.8 Å². The average Bonchev–Trinajstić information content (AvgIpc) is 3.31. The number of piperazine rings is 1. The lowest BCUT2D eigenvalue weighted by Crippen LogP contribution is -2.45. The fraction of sp³-hybridized carbons (Fsp3) is 0.333. The Labute approximate surface area is 195 Å². The molecule has 0 spiro atoms. The largest absolute Gasteiger partial charge is 0.363 e. The van der Waals surface area contributed by atoms with E-state index in [1.54, 1.807) is 6.33 Å². The molecule has 2 aromatic heterocycles. The maximum absolute atomic E-state index is 4.53. The summed E-state index contributed by atoms with van der Waals surface area (Å²) in [5.74, 6) is 0.851. The number of nitrogens with zero attached hydrogens (tertiary/aromatic N) is 4. The number of benzene rings is 2. The summed E-state index contributed by atoms with van der Waals surface area (Å²) in [4.78, 5) is 17.6. The first-order valence-corrected chi connectivity index (χ1v) is 11.9. The van der Waals surface area contributed by atoms with Gasteiger partial charge in [-0.05, 0) is 42.3 Å². The van der Waals surface area contributed by atoms with Crippen molar-refractivity contribution in [2.24, 2.45) is 0 Å². The van der Waals surface area contributed by atoms with Gasteiger partial charge in [0.25, 0.3) is 0 Å². The molecule has 0 amide bonds. The van der Waals surface area contributed by atoms with Crippen molar-refractivity contribution >= 4 is 16.9 Å². The van der Waals surface area contributed by atoms with E-state index in [0.29, 0.717) is 0 Å². The summed E-state index contributed by atoms with van der Waals surface area (Å²) >= 11 is 0. The Kier molecular flexibility index (Phi) is 6.37. The number of fused-ring (bicyclic) bond motifs is 1. The molecule has 1 fully saturated rings. The molecule has 1 saturated heterocycles. The van der Waals surface area contributed by atoms with E-state index in [1.165, 1.54) is 16.7 Å². The molecule has 3 heterocycles. The highest BCUT2D eigenvalue weighted by atomic mass is 15.3. The van der Waals surface area contributed by atoms with Gasteiger partial charge in [-0.15, -0.1) is 0 Å². The highest BCUT2D eigenvalue weighted by Gasteiger charge is 2.16. The molecule has 0 radical (unpaired) electrons. The number of H-pyrrole nitrogens is 1. The Morgan fingerprint density at radius 3 is 2.52 bits per heavy atom. The molecule has 0 aliphatic carbocycles. The van der Waals surface area contributed by atoms with Gasteiger partial charge in [0.05, 0.1) is 5.39 Å². The van der Waals surface area contributed by atoms with Crippen LogP contribution in [0.4, 0.5) is 5.82 Å². The van der Waals surface area contributed by atoms with Gasteiger partial charge in [0, 0.05) is 44.5 Å². The third-order valence-electron chi connectivity index (χ3n) is 6.63. The van der Waals surface area contributed by atoms with E-state index in [1.807, 2.05) is 6.07 Å².